The summed E-state index contributed by atoms with van der Waals surface area (Å²) in [6.45, 7) is 0.868. The van der Waals surface area contributed by atoms with E-state index in [0.29, 0.717) is 5.84 Å². The summed E-state index contributed by atoms with van der Waals surface area (Å²) in [6.07, 6.45) is 1.99. The molecule has 0 spiro atoms. The number of aryl methyl sites for hydroxylation is 1. The largest absolute Gasteiger partial charge is 0.325 e. The summed E-state index contributed by atoms with van der Waals surface area (Å²) < 4.78 is 0. The lowest BCUT2D eigenvalue weighted by Gasteiger charge is -2.31. The van der Waals surface area contributed by atoms with Gasteiger partial charge in [-0.15, -0.1) is 0 Å². The van der Waals surface area contributed by atoms with Crippen LogP contribution >= 0.6 is 0 Å². The number of hydrogen-bond donors (Lipinski definition) is 1. The number of amidine groups is 1. The molecule has 0 bridgehead atoms. The third kappa shape index (κ3) is 2.69. The molecule has 0 amide bonds. The van der Waals surface area contributed by atoms with Gasteiger partial charge >= 0.3 is 0 Å². The van der Waals surface area contributed by atoms with Gasteiger partial charge in [-0.1, -0.05) is 60.7 Å². The number of benzene rings is 2. The highest BCUT2D eigenvalue weighted by molar-refractivity contribution is 6.08. The maximum atomic E-state index is 8.57. The third-order valence-corrected chi connectivity index (χ3v) is 4.42. The fourth-order valence-electron chi connectivity index (χ4n) is 3.20. The number of aromatic nitrogens is 1. The van der Waals surface area contributed by atoms with E-state index in [1.54, 1.807) is 0 Å². The summed E-state index contributed by atoms with van der Waals surface area (Å²) in [5, 5.41) is 8.57. The predicted octanol–water partition coefficient (Wildman–Crippen LogP) is 4.53. The minimum Gasteiger partial charge on any atom is -0.325 e. The minimum atomic E-state index is 0.547. The zero-order valence-corrected chi connectivity index (χ0v) is 13.4. The van der Waals surface area contributed by atoms with Gasteiger partial charge in [-0.05, 0) is 25.0 Å². The highest BCUT2D eigenvalue weighted by Gasteiger charge is 2.22. The number of rotatable bonds is 2. The second-order valence-electron chi connectivity index (χ2n) is 6.00. The van der Waals surface area contributed by atoms with E-state index in [9.17, 15) is 0 Å². The van der Waals surface area contributed by atoms with Crippen LogP contribution in [0.3, 0.4) is 0 Å². The van der Waals surface area contributed by atoms with E-state index >= 15 is 0 Å². The van der Waals surface area contributed by atoms with Gasteiger partial charge in [0.1, 0.15) is 5.84 Å². The maximum Gasteiger partial charge on any atom is 0.132 e. The Morgan fingerprint density at radius 1 is 0.875 bits per heavy atom. The monoisotopic (exact) mass is 313 g/mol. The van der Waals surface area contributed by atoms with Crippen molar-refractivity contribution >= 4 is 11.5 Å². The van der Waals surface area contributed by atoms with Crippen molar-refractivity contribution in [2.45, 2.75) is 12.8 Å². The maximum absolute atomic E-state index is 8.57. The zero-order valence-electron chi connectivity index (χ0n) is 13.4. The average Bonchev–Trinajstić information content (AvgIpc) is 2.68. The van der Waals surface area contributed by atoms with Crippen LogP contribution in [0.25, 0.3) is 11.3 Å². The first-order chi connectivity index (χ1) is 11.8. The molecule has 0 aliphatic carbocycles. The predicted molar refractivity (Wildman–Crippen MR) is 98.6 cm³/mol. The van der Waals surface area contributed by atoms with Gasteiger partial charge in [0.2, 0.25) is 0 Å². The molecule has 1 N–H and O–H groups in total. The van der Waals surface area contributed by atoms with E-state index in [-0.39, 0.29) is 0 Å². The third-order valence-electron chi connectivity index (χ3n) is 4.42. The Hall–Kier alpha value is -2.94. The number of pyridine rings is 1. The lowest BCUT2D eigenvalue weighted by Crippen LogP contribution is -2.35. The molecule has 4 rings (SSSR count). The molecule has 0 unspecified atom stereocenters. The molecule has 1 aromatic heterocycles. The molecule has 0 saturated carbocycles. The topological polar surface area (TPSA) is 40.0 Å². The second kappa shape index (κ2) is 6.28. The molecular weight excluding hydrogens is 294 g/mol. The van der Waals surface area contributed by atoms with Gasteiger partial charge in [0.05, 0.1) is 17.1 Å². The first-order valence-electron chi connectivity index (χ1n) is 8.30. The van der Waals surface area contributed by atoms with Gasteiger partial charge in [0.25, 0.3) is 0 Å². The van der Waals surface area contributed by atoms with E-state index in [0.717, 1.165) is 47.6 Å². The molecule has 0 fully saturated rings. The second-order valence-corrected chi connectivity index (χ2v) is 6.00. The molecule has 0 saturated heterocycles. The van der Waals surface area contributed by atoms with Crippen molar-refractivity contribution in [3.63, 3.8) is 0 Å². The molecule has 0 atom stereocenters. The fraction of sp³-hybridized carbons (Fsp3) is 0.143. The van der Waals surface area contributed by atoms with Crippen molar-refractivity contribution in [2.24, 2.45) is 0 Å². The van der Waals surface area contributed by atoms with E-state index in [1.807, 2.05) is 48.5 Å². The lowest BCUT2D eigenvalue weighted by molar-refractivity contribution is 0.754. The average molecular weight is 313 g/mol. The first-order valence-corrected chi connectivity index (χ1v) is 8.30. The van der Waals surface area contributed by atoms with Crippen LogP contribution < -0.4 is 4.90 Å². The highest BCUT2D eigenvalue weighted by atomic mass is 15.2. The van der Waals surface area contributed by atoms with Gasteiger partial charge in [0.15, 0.2) is 0 Å². The molecule has 24 heavy (non-hydrogen) atoms. The van der Waals surface area contributed by atoms with Gasteiger partial charge < -0.3 is 4.90 Å². The van der Waals surface area contributed by atoms with Crippen molar-refractivity contribution in [3.05, 3.63) is 84.1 Å². The summed E-state index contributed by atoms with van der Waals surface area (Å²) in [6, 6.07) is 24.3. The Bertz CT molecular complexity index is 857. The normalized spacial score (nSPS) is 13.4. The van der Waals surface area contributed by atoms with Crippen LogP contribution in [0, 0.1) is 5.41 Å². The SMILES string of the molecule is N=C(c1ccccc1)N1CCCc2nc(-c3ccccc3)ccc21. The molecule has 3 nitrogen and oxygen atoms in total. The van der Waals surface area contributed by atoms with Crippen LogP contribution in [0.2, 0.25) is 0 Å². The summed E-state index contributed by atoms with van der Waals surface area (Å²) >= 11 is 0. The van der Waals surface area contributed by atoms with Crippen LogP contribution in [-0.2, 0) is 6.42 Å². The molecule has 2 aromatic carbocycles. The van der Waals surface area contributed by atoms with Crippen LogP contribution in [0.5, 0.6) is 0 Å². The van der Waals surface area contributed by atoms with Crippen molar-refractivity contribution < 1.29 is 0 Å². The molecule has 118 valence electrons. The molecule has 0 radical (unpaired) electrons. The molecular formula is C21H19N3. The van der Waals surface area contributed by atoms with Crippen molar-refractivity contribution in [1.82, 2.24) is 4.98 Å². The quantitative estimate of drug-likeness (QED) is 0.558. The summed E-state index contributed by atoms with van der Waals surface area (Å²) in [4.78, 5) is 6.95. The number of nitrogens with one attached hydrogen (secondary N) is 1. The number of anilines is 1. The molecule has 3 aromatic rings. The minimum absolute atomic E-state index is 0.547. The Labute approximate surface area is 142 Å². The summed E-state index contributed by atoms with van der Waals surface area (Å²) in [7, 11) is 0. The lowest BCUT2D eigenvalue weighted by atomic mass is 10.0. The Morgan fingerprint density at radius 2 is 1.58 bits per heavy atom. The Morgan fingerprint density at radius 3 is 2.33 bits per heavy atom. The number of hydrogen-bond acceptors (Lipinski definition) is 2. The fourth-order valence-corrected chi connectivity index (χ4v) is 3.20. The summed E-state index contributed by atoms with van der Waals surface area (Å²) in [5.74, 6) is 0.547. The number of nitrogens with zero attached hydrogens (tertiary/aromatic N) is 2. The smallest absolute Gasteiger partial charge is 0.132 e. The van der Waals surface area contributed by atoms with Gasteiger partial charge in [-0.3, -0.25) is 10.4 Å². The van der Waals surface area contributed by atoms with E-state index in [4.69, 9.17) is 10.4 Å². The summed E-state index contributed by atoms with van der Waals surface area (Å²) in [5.41, 5.74) is 5.23. The zero-order chi connectivity index (χ0) is 16.4. The van der Waals surface area contributed by atoms with Gasteiger partial charge in [0, 0.05) is 17.7 Å². The molecule has 1 aliphatic heterocycles. The molecule has 1 aliphatic rings. The van der Waals surface area contributed by atoms with E-state index < -0.39 is 0 Å². The van der Waals surface area contributed by atoms with Crippen molar-refractivity contribution in [3.8, 4) is 11.3 Å². The van der Waals surface area contributed by atoms with Crippen LogP contribution in [0.15, 0.2) is 72.8 Å². The molecule has 2 heterocycles. The Kier molecular flexibility index (Phi) is 3.83. The standard InChI is InChI=1S/C21H19N3/c22-21(17-10-5-2-6-11-17)24-15-7-12-19-20(24)14-13-18(23-19)16-8-3-1-4-9-16/h1-6,8-11,13-14,22H,7,12,15H2. The number of fused-ring (bicyclic) bond motifs is 1. The highest BCUT2D eigenvalue weighted by Crippen LogP contribution is 2.30. The van der Waals surface area contributed by atoms with Crippen LogP contribution in [-0.4, -0.2) is 17.4 Å². The van der Waals surface area contributed by atoms with E-state index in [1.165, 1.54) is 0 Å². The van der Waals surface area contributed by atoms with E-state index in [2.05, 4.69) is 29.2 Å². The van der Waals surface area contributed by atoms with Gasteiger partial charge in [-0.25, -0.2) is 0 Å². The Balaban J connectivity index is 1.70. The molecule has 3 heteroatoms. The first kappa shape index (κ1) is 14.6. The van der Waals surface area contributed by atoms with Gasteiger partial charge in [-0.2, -0.15) is 0 Å². The van der Waals surface area contributed by atoms with Crippen LogP contribution in [0.4, 0.5) is 5.69 Å². The van der Waals surface area contributed by atoms with Crippen molar-refractivity contribution in [1.29, 1.82) is 5.41 Å². The van der Waals surface area contributed by atoms with Crippen molar-refractivity contribution in [2.75, 3.05) is 11.4 Å². The van der Waals surface area contributed by atoms with Crippen LogP contribution in [0.1, 0.15) is 17.7 Å².